The van der Waals surface area contributed by atoms with E-state index in [1.165, 1.54) is 19.3 Å². The highest BCUT2D eigenvalue weighted by atomic mass is 16.6. The largest absolute Gasteiger partial charge is 0.462 e. The van der Waals surface area contributed by atoms with E-state index in [0.29, 0.717) is 12.8 Å². The van der Waals surface area contributed by atoms with Gasteiger partial charge in [-0.2, -0.15) is 0 Å². The minimum absolute atomic E-state index is 0.0658. The predicted octanol–water partition coefficient (Wildman–Crippen LogP) is 3.76. The van der Waals surface area contributed by atoms with Crippen molar-refractivity contribution in [2.45, 2.75) is 90.6 Å². The molecule has 0 aromatic carbocycles. The Kier molecular flexibility index (Phi) is 15.0. The number of hydrogen-bond acceptors (Lipinski definition) is 5. The zero-order valence-electron chi connectivity index (χ0n) is 14.8. The zero-order chi connectivity index (χ0) is 17.3. The van der Waals surface area contributed by atoms with Gasteiger partial charge in [-0.3, -0.25) is 9.59 Å². The van der Waals surface area contributed by atoms with E-state index in [1.54, 1.807) is 0 Å². The number of rotatable bonds is 15. The third kappa shape index (κ3) is 14.2. The SMILES string of the molecule is CCCCCCCCC(=O)OC(CO)COC(=O)CCCCC. The van der Waals surface area contributed by atoms with E-state index in [4.69, 9.17) is 9.47 Å². The van der Waals surface area contributed by atoms with Gasteiger partial charge in [-0.05, 0) is 12.8 Å². The third-order valence-electron chi connectivity index (χ3n) is 3.65. The number of ether oxygens (including phenoxy) is 2. The number of aliphatic hydroxyl groups excluding tert-OH is 1. The first kappa shape index (κ1) is 21.9. The Morgan fingerprint density at radius 1 is 0.826 bits per heavy atom. The van der Waals surface area contributed by atoms with Crippen molar-refractivity contribution in [1.82, 2.24) is 0 Å². The first-order chi connectivity index (χ1) is 11.1. The molecule has 0 aliphatic carbocycles. The number of hydrogen-bond donors (Lipinski definition) is 1. The molecule has 23 heavy (non-hydrogen) atoms. The fourth-order valence-corrected chi connectivity index (χ4v) is 2.20. The summed E-state index contributed by atoms with van der Waals surface area (Å²) in [7, 11) is 0. The molecular formula is C18H34O5. The molecule has 0 rings (SSSR count). The molecule has 0 spiro atoms. The fraction of sp³-hybridized carbons (Fsp3) is 0.889. The standard InChI is InChI=1S/C18H34O5/c1-3-5-7-8-9-11-13-18(21)23-16(14-19)15-22-17(20)12-10-6-4-2/h16,19H,3-15H2,1-2H3. The van der Waals surface area contributed by atoms with Crippen LogP contribution in [0.2, 0.25) is 0 Å². The van der Waals surface area contributed by atoms with Gasteiger partial charge in [0.05, 0.1) is 6.61 Å². The normalized spacial score (nSPS) is 12.0. The van der Waals surface area contributed by atoms with E-state index < -0.39 is 6.10 Å². The van der Waals surface area contributed by atoms with Gasteiger partial charge in [0.2, 0.25) is 0 Å². The predicted molar refractivity (Wildman–Crippen MR) is 90.1 cm³/mol. The Morgan fingerprint density at radius 3 is 2.00 bits per heavy atom. The minimum Gasteiger partial charge on any atom is -0.462 e. The first-order valence-corrected chi connectivity index (χ1v) is 9.09. The lowest BCUT2D eigenvalue weighted by molar-refractivity contribution is -0.161. The number of carbonyl (C=O) groups excluding carboxylic acids is 2. The van der Waals surface area contributed by atoms with Crippen molar-refractivity contribution < 1.29 is 24.2 Å². The van der Waals surface area contributed by atoms with Crippen molar-refractivity contribution in [3.63, 3.8) is 0 Å². The molecule has 0 radical (unpaired) electrons. The molecular weight excluding hydrogens is 296 g/mol. The van der Waals surface area contributed by atoms with Gasteiger partial charge < -0.3 is 14.6 Å². The molecule has 0 aliphatic heterocycles. The maximum Gasteiger partial charge on any atom is 0.306 e. The van der Waals surface area contributed by atoms with Crippen LogP contribution in [-0.2, 0) is 19.1 Å². The van der Waals surface area contributed by atoms with Crippen molar-refractivity contribution in [3.05, 3.63) is 0 Å². The summed E-state index contributed by atoms with van der Waals surface area (Å²) in [6, 6.07) is 0. The van der Waals surface area contributed by atoms with Crippen LogP contribution in [-0.4, -0.2) is 36.4 Å². The molecule has 5 heteroatoms. The third-order valence-corrected chi connectivity index (χ3v) is 3.65. The zero-order valence-corrected chi connectivity index (χ0v) is 14.8. The van der Waals surface area contributed by atoms with E-state index in [-0.39, 0.29) is 25.2 Å². The molecule has 0 aromatic heterocycles. The summed E-state index contributed by atoms with van der Waals surface area (Å²) in [5, 5.41) is 9.20. The summed E-state index contributed by atoms with van der Waals surface area (Å²) < 4.78 is 10.2. The molecule has 1 unspecified atom stereocenters. The van der Waals surface area contributed by atoms with Crippen LogP contribution in [0.1, 0.15) is 84.5 Å². The number of esters is 2. The van der Waals surface area contributed by atoms with Crippen molar-refractivity contribution in [1.29, 1.82) is 0 Å². The Morgan fingerprint density at radius 2 is 1.35 bits per heavy atom. The summed E-state index contributed by atoms with van der Waals surface area (Å²) >= 11 is 0. The van der Waals surface area contributed by atoms with Crippen molar-refractivity contribution >= 4 is 11.9 Å². The second-order valence-corrected chi connectivity index (χ2v) is 5.95. The molecule has 0 amide bonds. The molecule has 0 bridgehead atoms. The summed E-state index contributed by atoms with van der Waals surface area (Å²) in [5.74, 6) is -0.634. The van der Waals surface area contributed by atoms with Crippen LogP contribution in [0.15, 0.2) is 0 Å². The number of aliphatic hydroxyl groups is 1. The monoisotopic (exact) mass is 330 g/mol. The fourth-order valence-electron chi connectivity index (χ4n) is 2.20. The molecule has 0 aliphatic rings. The summed E-state index contributed by atoms with van der Waals surface area (Å²) in [6.07, 6.45) is 9.42. The Labute approximate surface area is 140 Å². The average molecular weight is 330 g/mol. The molecule has 0 heterocycles. The quantitative estimate of drug-likeness (QED) is 0.365. The van der Waals surface area contributed by atoms with Crippen LogP contribution >= 0.6 is 0 Å². The van der Waals surface area contributed by atoms with E-state index in [2.05, 4.69) is 13.8 Å². The molecule has 0 aromatic rings. The van der Waals surface area contributed by atoms with Crippen molar-refractivity contribution in [3.8, 4) is 0 Å². The maximum atomic E-state index is 11.7. The van der Waals surface area contributed by atoms with Crippen LogP contribution in [0.4, 0.5) is 0 Å². The van der Waals surface area contributed by atoms with E-state index in [1.807, 2.05) is 0 Å². The van der Waals surface area contributed by atoms with Gasteiger partial charge in [-0.25, -0.2) is 0 Å². The Hall–Kier alpha value is -1.10. The second-order valence-electron chi connectivity index (χ2n) is 5.95. The van der Waals surface area contributed by atoms with Gasteiger partial charge in [0.1, 0.15) is 6.61 Å². The summed E-state index contributed by atoms with van der Waals surface area (Å²) in [4.78, 5) is 23.2. The van der Waals surface area contributed by atoms with Gasteiger partial charge in [-0.1, -0.05) is 58.8 Å². The lowest BCUT2D eigenvalue weighted by Gasteiger charge is -2.15. The summed E-state index contributed by atoms with van der Waals surface area (Å²) in [6.45, 7) is 3.84. The van der Waals surface area contributed by atoms with Crippen LogP contribution < -0.4 is 0 Å². The lowest BCUT2D eigenvalue weighted by atomic mass is 10.1. The number of carbonyl (C=O) groups is 2. The maximum absolute atomic E-state index is 11.7. The molecule has 1 N–H and O–H groups in total. The van der Waals surface area contributed by atoms with Crippen LogP contribution in [0.3, 0.4) is 0 Å². The van der Waals surface area contributed by atoms with Crippen LogP contribution in [0, 0.1) is 0 Å². The number of unbranched alkanes of at least 4 members (excludes halogenated alkanes) is 7. The molecule has 5 nitrogen and oxygen atoms in total. The molecule has 136 valence electrons. The highest BCUT2D eigenvalue weighted by molar-refractivity contribution is 5.70. The average Bonchev–Trinajstić information content (AvgIpc) is 2.54. The van der Waals surface area contributed by atoms with Crippen LogP contribution in [0.25, 0.3) is 0 Å². The van der Waals surface area contributed by atoms with Gasteiger partial charge in [-0.15, -0.1) is 0 Å². The Bertz CT molecular complexity index is 304. The van der Waals surface area contributed by atoms with E-state index in [0.717, 1.165) is 38.5 Å². The molecule has 0 saturated carbocycles. The van der Waals surface area contributed by atoms with Crippen molar-refractivity contribution in [2.75, 3.05) is 13.2 Å². The molecule has 0 saturated heterocycles. The molecule has 1 atom stereocenters. The minimum atomic E-state index is -0.752. The van der Waals surface area contributed by atoms with Crippen molar-refractivity contribution in [2.24, 2.45) is 0 Å². The van der Waals surface area contributed by atoms with Crippen LogP contribution in [0.5, 0.6) is 0 Å². The van der Waals surface area contributed by atoms with E-state index in [9.17, 15) is 14.7 Å². The second kappa shape index (κ2) is 15.8. The van der Waals surface area contributed by atoms with Gasteiger partial charge in [0, 0.05) is 12.8 Å². The highest BCUT2D eigenvalue weighted by Gasteiger charge is 2.15. The van der Waals surface area contributed by atoms with Gasteiger partial charge in [0.15, 0.2) is 6.10 Å². The van der Waals surface area contributed by atoms with Gasteiger partial charge >= 0.3 is 11.9 Å². The smallest absolute Gasteiger partial charge is 0.306 e. The summed E-state index contributed by atoms with van der Waals surface area (Å²) in [5.41, 5.74) is 0. The van der Waals surface area contributed by atoms with E-state index >= 15 is 0 Å². The Balaban J connectivity index is 3.73. The first-order valence-electron chi connectivity index (χ1n) is 9.09. The highest BCUT2D eigenvalue weighted by Crippen LogP contribution is 2.08. The lowest BCUT2D eigenvalue weighted by Crippen LogP contribution is -2.28. The van der Waals surface area contributed by atoms with Gasteiger partial charge in [0.25, 0.3) is 0 Å². The molecule has 0 fully saturated rings. The topological polar surface area (TPSA) is 72.8 Å².